The van der Waals surface area contributed by atoms with E-state index in [0.29, 0.717) is 6.04 Å². The number of hydrogen-bond acceptors (Lipinski definition) is 2. The smallest absolute Gasteiger partial charge is 0.0388 e. The Morgan fingerprint density at radius 3 is 2.85 bits per heavy atom. The minimum atomic E-state index is 0.581. The SMILES string of the molecule is CN(C)C1CCNc2ccccc21. The van der Waals surface area contributed by atoms with Crippen LogP contribution in [0.15, 0.2) is 24.3 Å². The van der Waals surface area contributed by atoms with Crippen molar-refractivity contribution in [1.82, 2.24) is 4.90 Å². The summed E-state index contributed by atoms with van der Waals surface area (Å²) in [7, 11) is 4.29. The third-order valence-electron chi connectivity index (χ3n) is 2.68. The molecule has 1 unspecified atom stereocenters. The van der Waals surface area contributed by atoms with E-state index < -0.39 is 0 Å². The van der Waals surface area contributed by atoms with E-state index in [2.05, 4.69) is 48.6 Å². The lowest BCUT2D eigenvalue weighted by Gasteiger charge is -2.31. The van der Waals surface area contributed by atoms with Gasteiger partial charge in [-0.1, -0.05) is 18.2 Å². The molecule has 0 bridgehead atoms. The standard InChI is InChI=1S/C11H16N2/c1-13(2)11-7-8-12-10-6-4-3-5-9(10)11/h3-6,11-12H,7-8H2,1-2H3. The van der Waals surface area contributed by atoms with E-state index in [1.165, 1.54) is 17.7 Å². The van der Waals surface area contributed by atoms with Gasteiger partial charge in [0.15, 0.2) is 0 Å². The molecule has 1 aromatic rings. The molecule has 2 rings (SSSR count). The summed E-state index contributed by atoms with van der Waals surface area (Å²) in [5, 5.41) is 3.42. The maximum absolute atomic E-state index is 3.42. The van der Waals surface area contributed by atoms with Crippen molar-refractivity contribution in [3.05, 3.63) is 29.8 Å². The largest absolute Gasteiger partial charge is 0.385 e. The highest BCUT2D eigenvalue weighted by Gasteiger charge is 2.20. The first-order valence-electron chi connectivity index (χ1n) is 4.78. The lowest BCUT2D eigenvalue weighted by Crippen LogP contribution is -2.27. The molecule has 0 aliphatic carbocycles. The molecule has 1 aliphatic heterocycles. The number of nitrogens with one attached hydrogen (secondary N) is 1. The van der Waals surface area contributed by atoms with Gasteiger partial charge in [-0.2, -0.15) is 0 Å². The van der Waals surface area contributed by atoms with Gasteiger partial charge < -0.3 is 10.2 Å². The highest BCUT2D eigenvalue weighted by Crippen LogP contribution is 2.32. The molecule has 70 valence electrons. The van der Waals surface area contributed by atoms with Crippen LogP contribution in [0, 0.1) is 0 Å². The summed E-state index contributed by atoms with van der Waals surface area (Å²) in [6.45, 7) is 1.08. The van der Waals surface area contributed by atoms with Gasteiger partial charge >= 0.3 is 0 Å². The monoisotopic (exact) mass is 176 g/mol. The maximum atomic E-state index is 3.42. The predicted molar refractivity (Wildman–Crippen MR) is 56.0 cm³/mol. The first-order valence-corrected chi connectivity index (χ1v) is 4.78. The zero-order chi connectivity index (χ0) is 9.26. The van der Waals surface area contributed by atoms with Crippen LogP contribution in [0.2, 0.25) is 0 Å². The number of anilines is 1. The van der Waals surface area contributed by atoms with Crippen LogP contribution in [-0.4, -0.2) is 25.5 Å². The van der Waals surface area contributed by atoms with Gasteiger partial charge in [0.1, 0.15) is 0 Å². The van der Waals surface area contributed by atoms with Gasteiger partial charge in [-0.15, -0.1) is 0 Å². The number of nitrogens with zero attached hydrogens (tertiary/aromatic N) is 1. The second-order valence-electron chi connectivity index (χ2n) is 3.78. The second-order valence-corrected chi connectivity index (χ2v) is 3.78. The van der Waals surface area contributed by atoms with Gasteiger partial charge in [0.2, 0.25) is 0 Å². The Balaban J connectivity index is 2.37. The summed E-state index contributed by atoms with van der Waals surface area (Å²) in [4.78, 5) is 2.29. The van der Waals surface area contributed by atoms with E-state index in [1.807, 2.05) is 0 Å². The van der Waals surface area contributed by atoms with E-state index in [0.717, 1.165) is 6.54 Å². The van der Waals surface area contributed by atoms with Gasteiger partial charge in [-0.25, -0.2) is 0 Å². The molecule has 1 N–H and O–H groups in total. The van der Waals surface area contributed by atoms with Crippen LogP contribution in [0.25, 0.3) is 0 Å². The lowest BCUT2D eigenvalue weighted by atomic mass is 9.97. The van der Waals surface area contributed by atoms with E-state index >= 15 is 0 Å². The minimum absolute atomic E-state index is 0.581. The predicted octanol–water partition coefficient (Wildman–Crippen LogP) is 2.10. The molecule has 1 atom stereocenters. The lowest BCUT2D eigenvalue weighted by molar-refractivity contribution is 0.285. The molecule has 13 heavy (non-hydrogen) atoms. The van der Waals surface area contributed by atoms with Crippen LogP contribution in [0.3, 0.4) is 0 Å². The van der Waals surface area contributed by atoms with Crippen LogP contribution in [0.5, 0.6) is 0 Å². The van der Waals surface area contributed by atoms with Crippen molar-refractivity contribution in [2.75, 3.05) is 26.0 Å². The fourth-order valence-corrected chi connectivity index (χ4v) is 1.98. The molecule has 0 fully saturated rings. The molecular weight excluding hydrogens is 160 g/mol. The molecule has 0 saturated carbocycles. The Morgan fingerprint density at radius 2 is 2.08 bits per heavy atom. The molecule has 0 aromatic heterocycles. The summed E-state index contributed by atoms with van der Waals surface area (Å²) in [5.74, 6) is 0. The van der Waals surface area contributed by atoms with Crippen LogP contribution in [0.1, 0.15) is 18.0 Å². The van der Waals surface area contributed by atoms with Gasteiger partial charge in [0.25, 0.3) is 0 Å². The average Bonchev–Trinajstić information content (AvgIpc) is 2.17. The van der Waals surface area contributed by atoms with Gasteiger partial charge in [0.05, 0.1) is 0 Å². The number of hydrogen-bond donors (Lipinski definition) is 1. The summed E-state index contributed by atoms with van der Waals surface area (Å²) < 4.78 is 0. The quantitative estimate of drug-likeness (QED) is 0.705. The van der Waals surface area contributed by atoms with Gasteiger partial charge in [0, 0.05) is 18.3 Å². The highest BCUT2D eigenvalue weighted by molar-refractivity contribution is 5.54. The molecule has 1 aliphatic rings. The molecular formula is C11H16N2. The molecule has 0 radical (unpaired) electrons. The summed E-state index contributed by atoms with van der Waals surface area (Å²) in [6, 6.07) is 9.15. The summed E-state index contributed by atoms with van der Waals surface area (Å²) in [6.07, 6.45) is 1.20. The van der Waals surface area contributed by atoms with E-state index in [1.54, 1.807) is 0 Å². The number of para-hydroxylation sites is 1. The average molecular weight is 176 g/mol. The van der Waals surface area contributed by atoms with Crippen molar-refractivity contribution in [2.45, 2.75) is 12.5 Å². The number of benzene rings is 1. The zero-order valence-corrected chi connectivity index (χ0v) is 8.25. The first-order chi connectivity index (χ1) is 6.29. The summed E-state index contributed by atoms with van der Waals surface area (Å²) in [5.41, 5.74) is 2.73. The van der Waals surface area contributed by atoms with Crippen molar-refractivity contribution in [3.8, 4) is 0 Å². The first kappa shape index (κ1) is 8.57. The summed E-state index contributed by atoms with van der Waals surface area (Å²) >= 11 is 0. The zero-order valence-electron chi connectivity index (χ0n) is 8.25. The number of rotatable bonds is 1. The third-order valence-corrected chi connectivity index (χ3v) is 2.68. The topological polar surface area (TPSA) is 15.3 Å². The van der Waals surface area contributed by atoms with Crippen LogP contribution in [-0.2, 0) is 0 Å². The van der Waals surface area contributed by atoms with Crippen molar-refractivity contribution >= 4 is 5.69 Å². The molecule has 0 amide bonds. The normalized spacial score (nSPS) is 21.0. The number of fused-ring (bicyclic) bond motifs is 1. The molecule has 2 heteroatoms. The van der Waals surface area contributed by atoms with Crippen molar-refractivity contribution < 1.29 is 0 Å². The molecule has 1 aromatic carbocycles. The fourth-order valence-electron chi connectivity index (χ4n) is 1.98. The van der Waals surface area contributed by atoms with Crippen LogP contribution in [0.4, 0.5) is 5.69 Å². The van der Waals surface area contributed by atoms with E-state index in [9.17, 15) is 0 Å². The van der Waals surface area contributed by atoms with Crippen LogP contribution >= 0.6 is 0 Å². The van der Waals surface area contributed by atoms with Crippen molar-refractivity contribution in [1.29, 1.82) is 0 Å². The highest BCUT2D eigenvalue weighted by atomic mass is 15.1. The minimum Gasteiger partial charge on any atom is -0.385 e. The third kappa shape index (κ3) is 1.54. The maximum Gasteiger partial charge on any atom is 0.0388 e. The van der Waals surface area contributed by atoms with Crippen LogP contribution < -0.4 is 5.32 Å². The molecule has 0 spiro atoms. The Morgan fingerprint density at radius 1 is 1.31 bits per heavy atom. The van der Waals surface area contributed by atoms with Gasteiger partial charge in [-0.3, -0.25) is 0 Å². The van der Waals surface area contributed by atoms with Crippen molar-refractivity contribution in [3.63, 3.8) is 0 Å². The van der Waals surface area contributed by atoms with E-state index in [-0.39, 0.29) is 0 Å². The molecule has 0 saturated heterocycles. The second kappa shape index (κ2) is 3.38. The Kier molecular flexibility index (Phi) is 2.23. The Labute approximate surface area is 79.6 Å². The Bertz CT molecular complexity index is 294. The Hall–Kier alpha value is -1.02. The molecule has 1 heterocycles. The fraction of sp³-hybridized carbons (Fsp3) is 0.455. The van der Waals surface area contributed by atoms with Crippen molar-refractivity contribution in [2.24, 2.45) is 0 Å². The molecule has 2 nitrogen and oxygen atoms in total. The van der Waals surface area contributed by atoms with Gasteiger partial charge in [-0.05, 0) is 32.1 Å². The van der Waals surface area contributed by atoms with E-state index in [4.69, 9.17) is 0 Å².